The van der Waals surface area contributed by atoms with Gasteiger partial charge in [0.1, 0.15) is 11.3 Å². The number of rotatable bonds is 7. The summed E-state index contributed by atoms with van der Waals surface area (Å²) in [5.41, 5.74) is 1.45. The Labute approximate surface area is 190 Å². The fraction of sp³-hybridized carbons (Fsp3) is 0.300. The second-order valence-corrected chi connectivity index (χ2v) is 8.33. The van der Waals surface area contributed by atoms with Crippen molar-refractivity contribution in [1.29, 1.82) is 0 Å². The molecule has 0 saturated carbocycles. The molecule has 3 aromatic rings. The van der Waals surface area contributed by atoms with Crippen LogP contribution in [0.25, 0.3) is 10.2 Å². The number of ether oxygens (including phenoxy) is 1. The van der Waals surface area contributed by atoms with E-state index in [0.717, 1.165) is 10.3 Å². The molecule has 1 aromatic heterocycles. The Morgan fingerprint density at radius 3 is 2.48 bits per heavy atom. The molecule has 0 N–H and O–H groups in total. The summed E-state index contributed by atoms with van der Waals surface area (Å²) in [5, 5.41) is 1.77. The maximum atomic E-state index is 13.1. The van der Waals surface area contributed by atoms with Crippen LogP contribution in [0.15, 0.2) is 36.4 Å². The second-order valence-electron chi connectivity index (χ2n) is 6.54. The van der Waals surface area contributed by atoms with Crippen molar-refractivity contribution in [3.05, 3.63) is 52.0 Å². The normalized spacial score (nSPS) is 10.8. The van der Waals surface area contributed by atoms with Crippen LogP contribution in [-0.4, -0.2) is 50.1 Å². The summed E-state index contributed by atoms with van der Waals surface area (Å²) in [6.45, 7) is 1.21. The van der Waals surface area contributed by atoms with Crippen LogP contribution in [0.4, 0.5) is 5.13 Å². The van der Waals surface area contributed by atoms with Gasteiger partial charge in [-0.2, -0.15) is 0 Å². The summed E-state index contributed by atoms with van der Waals surface area (Å²) in [6.07, 6.45) is 0.202. The number of hydrogen-bond donors (Lipinski definition) is 0. The molecule has 0 aliphatic rings. The molecule has 5 nitrogen and oxygen atoms in total. The summed E-state index contributed by atoms with van der Waals surface area (Å²) < 4.78 is 6.20. The van der Waals surface area contributed by atoms with Gasteiger partial charge in [-0.05, 0) is 37.9 Å². The third-order valence-electron chi connectivity index (χ3n) is 4.27. The van der Waals surface area contributed by atoms with E-state index in [1.165, 1.54) is 11.3 Å². The molecule has 0 aliphatic heterocycles. The quantitative estimate of drug-likeness (QED) is 0.474. The number of carbonyl (C=O) groups excluding carboxylic acids is 1. The number of nitrogens with zero attached hydrogens (tertiary/aromatic N) is 3. The molecule has 2 aromatic carbocycles. The van der Waals surface area contributed by atoms with Crippen molar-refractivity contribution in [3.63, 3.8) is 0 Å². The zero-order valence-electron chi connectivity index (χ0n) is 16.3. The molecule has 0 atom stereocenters. The number of aromatic nitrogens is 1. The molecule has 0 fully saturated rings. The number of hydrogen-bond acceptors (Lipinski definition) is 5. The topological polar surface area (TPSA) is 45.7 Å². The molecule has 0 unspecified atom stereocenters. The fourth-order valence-electron chi connectivity index (χ4n) is 2.75. The van der Waals surface area contributed by atoms with Crippen molar-refractivity contribution >= 4 is 68.2 Å². The molecule has 1 heterocycles. The first-order chi connectivity index (χ1) is 13.4. The molecule has 0 radical (unpaired) electrons. The summed E-state index contributed by atoms with van der Waals surface area (Å²) in [7, 11) is 5.53. The lowest BCUT2D eigenvalue weighted by atomic mass is 10.1. The molecule has 0 bridgehead atoms. The van der Waals surface area contributed by atoms with Crippen LogP contribution in [-0.2, 0) is 11.2 Å². The van der Waals surface area contributed by atoms with Gasteiger partial charge in [0.25, 0.3) is 0 Å². The standard InChI is InChI=1S/C20H21Cl2N3O2S.ClH/c1-24(2)10-11-25(17(26)12-13-6-4-5-7-14(13)21)20-23-18-16(27-3)9-8-15(22)19(18)28-20;/h4-9H,10-12H2,1-3H3;1H. The van der Waals surface area contributed by atoms with Crippen molar-refractivity contribution in [2.24, 2.45) is 0 Å². The summed E-state index contributed by atoms with van der Waals surface area (Å²) >= 11 is 14.0. The van der Waals surface area contributed by atoms with Crippen molar-refractivity contribution in [2.75, 3.05) is 39.2 Å². The van der Waals surface area contributed by atoms with Gasteiger partial charge in [0, 0.05) is 18.1 Å². The van der Waals surface area contributed by atoms with Gasteiger partial charge in [0.15, 0.2) is 5.13 Å². The van der Waals surface area contributed by atoms with Gasteiger partial charge in [-0.25, -0.2) is 4.98 Å². The Kier molecular flexibility index (Phi) is 8.55. The van der Waals surface area contributed by atoms with Crippen LogP contribution in [0.2, 0.25) is 10.0 Å². The number of likely N-dealkylation sites (N-methyl/N-ethyl adjacent to an activating group) is 1. The average Bonchev–Trinajstić information content (AvgIpc) is 3.10. The van der Waals surface area contributed by atoms with E-state index in [-0.39, 0.29) is 24.7 Å². The lowest BCUT2D eigenvalue weighted by Gasteiger charge is -2.22. The lowest BCUT2D eigenvalue weighted by molar-refractivity contribution is -0.118. The smallest absolute Gasteiger partial charge is 0.233 e. The van der Waals surface area contributed by atoms with Crippen molar-refractivity contribution < 1.29 is 9.53 Å². The molecule has 1 amide bonds. The second kappa shape index (κ2) is 10.5. The predicted molar refractivity (Wildman–Crippen MR) is 124 cm³/mol. The number of carbonyl (C=O) groups is 1. The van der Waals surface area contributed by atoms with E-state index in [1.54, 1.807) is 30.2 Å². The van der Waals surface area contributed by atoms with Crippen LogP contribution in [0.3, 0.4) is 0 Å². The Bertz CT molecular complexity index is 994. The highest BCUT2D eigenvalue weighted by atomic mass is 35.5. The highest BCUT2D eigenvalue weighted by Gasteiger charge is 2.22. The molecular formula is C20H22Cl3N3O2S. The summed E-state index contributed by atoms with van der Waals surface area (Å²) in [6, 6.07) is 10.9. The molecule has 156 valence electrons. The SMILES string of the molecule is COc1ccc(Cl)c2sc(N(CCN(C)C)C(=O)Cc3ccccc3Cl)nc12.Cl. The number of amides is 1. The number of anilines is 1. The Hall–Kier alpha value is -1.57. The first-order valence-corrected chi connectivity index (χ1v) is 10.3. The Morgan fingerprint density at radius 2 is 1.83 bits per heavy atom. The third-order valence-corrected chi connectivity index (χ3v) is 6.18. The Balaban J connectivity index is 0.00000300. The molecule has 29 heavy (non-hydrogen) atoms. The van der Waals surface area contributed by atoms with Crippen molar-refractivity contribution in [2.45, 2.75) is 6.42 Å². The van der Waals surface area contributed by atoms with E-state index in [0.29, 0.717) is 39.5 Å². The minimum absolute atomic E-state index is 0. The number of benzene rings is 2. The van der Waals surface area contributed by atoms with Crippen LogP contribution < -0.4 is 9.64 Å². The van der Waals surface area contributed by atoms with Gasteiger partial charge in [-0.1, -0.05) is 52.7 Å². The summed E-state index contributed by atoms with van der Waals surface area (Å²) in [4.78, 5) is 21.5. The monoisotopic (exact) mass is 473 g/mol. The highest BCUT2D eigenvalue weighted by molar-refractivity contribution is 7.23. The number of fused-ring (bicyclic) bond motifs is 1. The van der Waals surface area contributed by atoms with E-state index in [4.69, 9.17) is 27.9 Å². The number of methoxy groups -OCH3 is 1. The van der Waals surface area contributed by atoms with Gasteiger partial charge in [-0.15, -0.1) is 12.4 Å². The number of thiazole rings is 1. The Morgan fingerprint density at radius 1 is 1.10 bits per heavy atom. The summed E-state index contributed by atoms with van der Waals surface area (Å²) in [5.74, 6) is 0.567. The van der Waals surface area contributed by atoms with E-state index in [2.05, 4.69) is 4.98 Å². The molecule has 0 spiro atoms. The molecular weight excluding hydrogens is 453 g/mol. The first kappa shape index (κ1) is 23.7. The van der Waals surface area contributed by atoms with Crippen LogP contribution >= 0.6 is 46.9 Å². The lowest BCUT2D eigenvalue weighted by Crippen LogP contribution is -2.37. The molecule has 0 aliphatic carbocycles. The van der Waals surface area contributed by atoms with Crippen molar-refractivity contribution in [1.82, 2.24) is 9.88 Å². The predicted octanol–water partition coefficient (Wildman–Crippen LogP) is 5.17. The van der Waals surface area contributed by atoms with Crippen LogP contribution in [0.1, 0.15) is 5.56 Å². The average molecular weight is 475 g/mol. The molecule has 3 rings (SSSR count). The number of halogens is 3. The largest absolute Gasteiger partial charge is 0.494 e. The maximum absolute atomic E-state index is 13.1. The zero-order valence-corrected chi connectivity index (χ0v) is 19.5. The van der Waals surface area contributed by atoms with Crippen molar-refractivity contribution in [3.8, 4) is 5.75 Å². The fourth-order valence-corrected chi connectivity index (χ4v) is 4.25. The molecule has 0 saturated heterocycles. The van der Waals surface area contributed by atoms with E-state index < -0.39 is 0 Å². The van der Waals surface area contributed by atoms with Gasteiger partial charge in [-0.3, -0.25) is 9.69 Å². The van der Waals surface area contributed by atoms with E-state index in [9.17, 15) is 4.79 Å². The minimum atomic E-state index is -0.0657. The molecule has 9 heteroatoms. The van der Waals surface area contributed by atoms with Gasteiger partial charge in [0.2, 0.25) is 5.91 Å². The third kappa shape index (κ3) is 5.53. The van der Waals surface area contributed by atoms with E-state index in [1.807, 2.05) is 37.2 Å². The van der Waals surface area contributed by atoms with Gasteiger partial charge < -0.3 is 9.64 Å². The highest BCUT2D eigenvalue weighted by Crippen LogP contribution is 2.38. The minimum Gasteiger partial charge on any atom is -0.494 e. The van der Waals surface area contributed by atoms with Crippen LogP contribution in [0, 0.1) is 0 Å². The van der Waals surface area contributed by atoms with Crippen LogP contribution in [0.5, 0.6) is 5.75 Å². The van der Waals surface area contributed by atoms with E-state index >= 15 is 0 Å². The zero-order chi connectivity index (χ0) is 20.3. The first-order valence-electron chi connectivity index (χ1n) is 8.72. The maximum Gasteiger partial charge on any atom is 0.233 e. The van der Waals surface area contributed by atoms with Gasteiger partial charge >= 0.3 is 0 Å². The van der Waals surface area contributed by atoms with Gasteiger partial charge in [0.05, 0.1) is 23.3 Å².